The van der Waals surface area contributed by atoms with E-state index < -0.39 is 35.2 Å². The maximum atomic E-state index is 13.3. The van der Waals surface area contributed by atoms with Crippen LogP contribution in [0.4, 0.5) is 36.4 Å². The van der Waals surface area contributed by atoms with Crippen molar-refractivity contribution in [1.82, 2.24) is 9.80 Å². The van der Waals surface area contributed by atoms with Crippen molar-refractivity contribution in [3.8, 4) is 5.75 Å². The van der Waals surface area contributed by atoms with Gasteiger partial charge in [0.15, 0.2) is 5.75 Å². The van der Waals surface area contributed by atoms with Gasteiger partial charge in [0.05, 0.1) is 48.1 Å². The minimum atomic E-state index is -4.67. The molecule has 1 aliphatic rings. The van der Waals surface area contributed by atoms with Crippen molar-refractivity contribution >= 4 is 17.5 Å². The number of amides is 2. The van der Waals surface area contributed by atoms with E-state index in [0.717, 1.165) is 41.9 Å². The van der Waals surface area contributed by atoms with E-state index >= 15 is 0 Å². The molecule has 53 heavy (non-hydrogen) atoms. The number of nitrogens with zero attached hydrogens (tertiary/aromatic N) is 2. The average Bonchev–Trinajstić information content (AvgIpc) is 3.08. The molecule has 5 rings (SSSR count). The SMILES string of the molecule is CN(C)Cc1ccc(Cc2ccc(F)c(C(F)(F)F)c2)cc1.C[C@@H](CO)N1CCCOc2c(NC(=O)Cc3ccc(C(F)(F)F)cc3)cccc2C1=O. The number of halogens is 7. The second-order valence-electron chi connectivity index (χ2n) is 12.9. The largest absolute Gasteiger partial charge is 0.490 e. The normalized spacial score (nSPS) is 14.0. The first kappa shape index (κ1) is 40.8. The van der Waals surface area contributed by atoms with Gasteiger partial charge in [0.2, 0.25) is 5.91 Å². The van der Waals surface area contributed by atoms with Crippen molar-refractivity contribution in [3.63, 3.8) is 0 Å². The quantitative estimate of drug-likeness (QED) is 0.170. The lowest BCUT2D eigenvalue weighted by molar-refractivity contribution is -0.140. The molecule has 0 unspecified atom stereocenters. The van der Waals surface area contributed by atoms with Crippen LogP contribution < -0.4 is 10.1 Å². The number of rotatable bonds is 9. The van der Waals surface area contributed by atoms with E-state index in [2.05, 4.69) is 5.32 Å². The van der Waals surface area contributed by atoms with Crippen molar-refractivity contribution in [2.24, 2.45) is 0 Å². The molecule has 1 aliphatic heterocycles. The molecule has 14 heteroatoms. The van der Waals surface area contributed by atoms with Crippen LogP contribution in [0, 0.1) is 5.82 Å². The third kappa shape index (κ3) is 11.5. The molecule has 2 amide bonds. The Labute approximate surface area is 303 Å². The number of anilines is 1. The van der Waals surface area contributed by atoms with Gasteiger partial charge in [0.25, 0.3) is 5.91 Å². The van der Waals surface area contributed by atoms with Crippen molar-refractivity contribution in [1.29, 1.82) is 0 Å². The highest BCUT2D eigenvalue weighted by molar-refractivity contribution is 6.01. The minimum Gasteiger partial charge on any atom is -0.490 e. The second kappa shape index (κ2) is 17.7. The van der Waals surface area contributed by atoms with Gasteiger partial charge in [-0.2, -0.15) is 26.3 Å². The highest BCUT2D eigenvalue weighted by atomic mass is 19.4. The predicted molar refractivity (Wildman–Crippen MR) is 186 cm³/mol. The maximum Gasteiger partial charge on any atom is 0.419 e. The van der Waals surface area contributed by atoms with Gasteiger partial charge in [-0.15, -0.1) is 0 Å². The number of para-hydroxylation sites is 1. The molecule has 7 nitrogen and oxygen atoms in total. The third-order valence-corrected chi connectivity index (χ3v) is 8.28. The summed E-state index contributed by atoms with van der Waals surface area (Å²) in [5.74, 6) is -1.76. The molecule has 0 fully saturated rings. The number of aliphatic hydroxyl groups is 1. The van der Waals surface area contributed by atoms with Gasteiger partial charge < -0.3 is 25.0 Å². The molecule has 0 spiro atoms. The third-order valence-electron chi connectivity index (χ3n) is 8.28. The second-order valence-corrected chi connectivity index (χ2v) is 12.9. The molecule has 4 aromatic rings. The summed E-state index contributed by atoms with van der Waals surface area (Å²) in [5, 5.41) is 12.1. The Morgan fingerprint density at radius 2 is 1.51 bits per heavy atom. The predicted octanol–water partition coefficient (Wildman–Crippen LogP) is 7.99. The molecule has 0 aromatic heterocycles. The van der Waals surface area contributed by atoms with Crippen molar-refractivity contribution in [2.75, 3.05) is 39.2 Å². The number of fused-ring (bicyclic) bond motifs is 1. The maximum absolute atomic E-state index is 13.3. The molecule has 1 heterocycles. The Balaban J connectivity index is 0.000000251. The summed E-state index contributed by atoms with van der Waals surface area (Å²) < 4.78 is 95.1. The molecule has 284 valence electrons. The fraction of sp³-hybridized carbons (Fsp3) is 0.333. The number of carbonyl (C=O) groups is 2. The van der Waals surface area contributed by atoms with Crippen LogP contribution in [0.1, 0.15) is 57.1 Å². The molecule has 0 saturated heterocycles. The Morgan fingerprint density at radius 3 is 2.11 bits per heavy atom. The van der Waals surface area contributed by atoms with Crippen molar-refractivity contribution in [2.45, 2.75) is 51.1 Å². The van der Waals surface area contributed by atoms with Gasteiger partial charge in [-0.1, -0.05) is 48.5 Å². The van der Waals surface area contributed by atoms with E-state index in [1.807, 2.05) is 43.3 Å². The summed E-state index contributed by atoms with van der Waals surface area (Å²) in [6.45, 7) is 3.13. The first-order valence-electron chi connectivity index (χ1n) is 16.7. The number of hydrogen-bond acceptors (Lipinski definition) is 5. The lowest BCUT2D eigenvalue weighted by Gasteiger charge is -2.31. The number of nitrogens with one attached hydrogen (secondary N) is 1. The summed E-state index contributed by atoms with van der Waals surface area (Å²) in [6.07, 6.45) is -8.35. The lowest BCUT2D eigenvalue weighted by Crippen LogP contribution is -2.42. The fourth-order valence-electron chi connectivity index (χ4n) is 5.60. The molecule has 1 atom stereocenters. The summed E-state index contributed by atoms with van der Waals surface area (Å²) in [5.41, 5.74) is 1.46. The van der Waals surface area contributed by atoms with E-state index in [9.17, 15) is 45.4 Å². The van der Waals surface area contributed by atoms with Crippen LogP contribution in [-0.2, 0) is 36.5 Å². The van der Waals surface area contributed by atoms with Gasteiger partial charge >= 0.3 is 12.4 Å². The van der Waals surface area contributed by atoms with Gasteiger partial charge in [-0.05, 0) is 92.5 Å². The highest BCUT2D eigenvalue weighted by Crippen LogP contribution is 2.34. The zero-order valence-electron chi connectivity index (χ0n) is 29.3. The van der Waals surface area contributed by atoms with Crippen LogP contribution in [0.15, 0.2) is 84.9 Å². The molecule has 0 radical (unpaired) electrons. The van der Waals surface area contributed by atoms with E-state index in [4.69, 9.17) is 4.74 Å². The summed E-state index contributed by atoms with van der Waals surface area (Å²) in [4.78, 5) is 29.0. The minimum absolute atomic E-state index is 0.135. The Kier molecular flexibility index (Phi) is 13.6. The molecule has 2 N–H and O–H groups in total. The molecule has 0 aliphatic carbocycles. The topological polar surface area (TPSA) is 82.1 Å². The van der Waals surface area contributed by atoms with Gasteiger partial charge in [0, 0.05) is 13.1 Å². The zero-order valence-corrected chi connectivity index (χ0v) is 29.3. The van der Waals surface area contributed by atoms with Crippen LogP contribution in [-0.4, -0.2) is 66.6 Å². The fourth-order valence-corrected chi connectivity index (χ4v) is 5.60. The van der Waals surface area contributed by atoms with Gasteiger partial charge in [-0.3, -0.25) is 9.59 Å². The van der Waals surface area contributed by atoms with Crippen LogP contribution in [0.3, 0.4) is 0 Å². The van der Waals surface area contributed by atoms with Gasteiger partial charge in [-0.25, -0.2) is 4.39 Å². The average molecular weight is 748 g/mol. The van der Waals surface area contributed by atoms with Crippen molar-refractivity contribution < 1.29 is 50.2 Å². The monoisotopic (exact) mass is 747 g/mol. The molecule has 0 saturated carbocycles. The summed E-state index contributed by atoms with van der Waals surface area (Å²) in [6, 6.07) is 19.6. The summed E-state index contributed by atoms with van der Waals surface area (Å²) >= 11 is 0. The lowest BCUT2D eigenvalue weighted by atomic mass is 10.0. The summed E-state index contributed by atoms with van der Waals surface area (Å²) in [7, 11) is 3.93. The first-order valence-corrected chi connectivity index (χ1v) is 16.7. The number of aliphatic hydroxyl groups excluding tert-OH is 1. The van der Waals surface area contributed by atoms with Crippen LogP contribution >= 0.6 is 0 Å². The first-order chi connectivity index (χ1) is 25.0. The van der Waals surface area contributed by atoms with E-state index in [1.165, 1.54) is 18.2 Å². The van der Waals surface area contributed by atoms with Crippen LogP contribution in [0.5, 0.6) is 5.75 Å². The highest BCUT2D eigenvalue weighted by Gasteiger charge is 2.34. The zero-order chi connectivity index (χ0) is 38.9. The van der Waals surface area contributed by atoms with E-state index in [1.54, 1.807) is 30.0 Å². The Hall–Kier alpha value is -4.95. The van der Waals surface area contributed by atoms with Crippen LogP contribution in [0.25, 0.3) is 0 Å². The molecular weight excluding hydrogens is 707 g/mol. The van der Waals surface area contributed by atoms with E-state index in [0.29, 0.717) is 42.8 Å². The number of carbonyl (C=O) groups excluding carboxylic acids is 2. The smallest absolute Gasteiger partial charge is 0.419 e. The Morgan fingerprint density at radius 1 is 0.887 bits per heavy atom. The molecule has 4 aromatic carbocycles. The number of benzene rings is 4. The molecular formula is C39H40F7N3O4. The van der Waals surface area contributed by atoms with Crippen molar-refractivity contribution in [3.05, 3.63) is 130 Å². The Bertz CT molecular complexity index is 1840. The van der Waals surface area contributed by atoms with Crippen LogP contribution in [0.2, 0.25) is 0 Å². The number of hydrogen-bond donors (Lipinski definition) is 2. The molecule has 0 bridgehead atoms. The standard InChI is InChI=1S/C22H23F3N2O4.C17H17F4N/c1-14(13-28)27-10-3-11-31-20-17(21(27)30)4-2-5-18(20)26-19(29)12-15-6-8-16(9-7-15)22(23,24)25;1-22(2)11-13-5-3-12(4-6-13)9-14-7-8-16(18)15(10-14)17(19,20)21/h2,4-9,14,28H,3,10-13H2,1H3,(H,26,29);3-8,10H,9,11H2,1-2H3/t14-;/m0./s1. The van der Waals surface area contributed by atoms with Gasteiger partial charge in [0.1, 0.15) is 5.82 Å². The number of ether oxygens (including phenoxy) is 1. The number of alkyl halides is 6. The van der Waals surface area contributed by atoms with E-state index in [-0.39, 0.29) is 36.3 Å².